The molecule has 0 saturated carbocycles. The Bertz CT molecular complexity index is 1060. The normalized spacial score (nSPS) is 11.3. The first-order valence-corrected chi connectivity index (χ1v) is 7.49. The summed E-state index contributed by atoms with van der Waals surface area (Å²) in [7, 11) is 0. The lowest BCUT2D eigenvalue weighted by atomic mass is 10.2. The van der Waals surface area contributed by atoms with E-state index in [1.165, 1.54) is 30.3 Å². The molecule has 134 valence electrons. The third-order valence-corrected chi connectivity index (χ3v) is 3.57. The quantitative estimate of drug-likeness (QED) is 0.592. The highest BCUT2D eigenvalue weighted by Gasteiger charge is 2.30. The number of anilines is 1. The smallest absolute Gasteiger partial charge is 0.332 e. The number of amides is 1. The van der Waals surface area contributed by atoms with Gasteiger partial charge in [0.2, 0.25) is 5.52 Å². The third-order valence-electron chi connectivity index (χ3n) is 3.37. The molecule has 3 rings (SSSR count). The molecule has 2 aromatic carbocycles. The van der Waals surface area contributed by atoms with E-state index in [1.54, 1.807) is 0 Å². The summed E-state index contributed by atoms with van der Waals surface area (Å²) in [5.74, 6) is -0.608. The van der Waals surface area contributed by atoms with E-state index in [2.05, 4.69) is 20.4 Å². The summed E-state index contributed by atoms with van der Waals surface area (Å²) >= 11 is 4.94. The van der Waals surface area contributed by atoms with Gasteiger partial charge in [0, 0.05) is 17.3 Å². The SMILES string of the molecule is O=C(NC(=S)Nc1cccc(C(F)(F)F)c1)c1ccc2c(c1)[nH]o[n+]2=O. The van der Waals surface area contributed by atoms with Gasteiger partial charge in [0.05, 0.1) is 5.56 Å². The fraction of sp³-hybridized carbons (Fsp3) is 0.0667. The molecule has 0 aliphatic carbocycles. The van der Waals surface area contributed by atoms with Gasteiger partial charge in [-0.3, -0.25) is 10.1 Å². The van der Waals surface area contributed by atoms with E-state index in [-0.39, 0.29) is 26.5 Å². The van der Waals surface area contributed by atoms with Crippen LogP contribution >= 0.6 is 12.2 Å². The van der Waals surface area contributed by atoms with E-state index in [1.807, 2.05) is 0 Å². The van der Waals surface area contributed by atoms with Gasteiger partial charge in [-0.1, -0.05) is 15.9 Å². The van der Waals surface area contributed by atoms with Gasteiger partial charge in [0.1, 0.15) is 0 Å². The molecule has 0 unspecified atom stereocenters. The fourth-order valence-electron chi connectivity index (χ4n) is 2.17. The molecular formula is C15H10F3N4O3S+. The van der Waals surface area contributed by atoms with Crippen LogP contribution in [-0.4, -0.2) is 16.2 Å². The number of aromatic nitrogens is 2. The van der Waals surface area contributed by atoms with Crippen LogP contribution in [0.1, 0.15) is 15.9 Å². The minimum atomic E-state index is -4.49. The summed E-state index contributed by atoms with van der Waals surface area (Å²) in [5.41, 5.74) is -0.0985. The Kier molecular flexibility index (Phi) is 4.47. The van der Waals surface area contributed by atoms with Crippen molar-refractivity contribution < 1.29 is 27.2 Å². The van der Waals surface area contributed by atoms with E-state index in [4.69, 9.17) is 12.2 Å². The molecule has 3 aromatic rings. The van der Waals surface area contributed by atoms with Crippen LogP contribution in [-0.2, 0) is 6.18 Å². The monoisotopic (exact) mass is 383 g/mol. The van der Waals surface area contributed by atoms with Crippen molar-refractivity contribution in [2.24, 2.45) is 0 Å². The highest BCUT2D eigenvalue weighted by molar-refractivity contribution is 7.80. The molecule has 0 fully saturated rings. The van der Waals surface area contributed by atoms with Gasteiger partial charge in [0.15, 0.2) is 9.71 Å². The number of hydrogen-bond donors (Lipinski definition) is 3. The number of carbonyl (C=O) groups excluding carboxylic acids is 1. The van der Waals surface area contributed by atoms with Gasteiger partial charge in [0.25, 0.3) is 11.4 Å². The third kappa shape index (κ3) is 3.72. The maximum Gasteiger partial charge on any atom is 0.416 e. The summed E-state index contributed by atoms with van der Waals surface area (Å²) < 4.78 is 42.9. The first-order chi connectivity index (χ1) is 12.2. The topological polar surface area (TPSA) is 93.0 Å². The minimum absolute atomic E-state index is 0.0798. The lowest BCUT2D eigenvalue weighted by Crippen LogP contribution is -2.34. The maximum atomic E-state index is 12.7. The Morgan fingerprint density at radius 2 is 1.96 bits per heavy atom. The molecular weight excluding hydrogens is 373 g/mol. The average molecular weight is 383 g/mol. The number of aromatic amines is 1. The second-order valence-electron chi connectivity index (χ2n) is 5.17. The van der Waals surface area contributed by atoms with E-state index in [9.17, 15) is 22.9 Å². The molecule has 0 aliphatic rings. The number of nitrogens with zero attached hydrogens (tertiary/aromatic N) is 1. The second-order valence-corrected chi connectivity index (χ2v) is 5.58. The van der Waals surface area contributed by atoms with Gasteiger partial charge < -0.3 is 5.32 Å². The van der Waals surface area contributed by atoms with Crippen LogP contribution < -0.4 is 15.2 Å². The van der Waals surface area contributed by atoms with E-state index in [0.29, 0.717) is 5.52 Å². The summed E-state index contributed by atoms with van der Waals surface area (Å²) in [6, 6.07) is 8.52. The number of halogens is 3. The Morgan fingerprint density at radius 3 is 2.69 bits per heavy atom. The maximum absolute atomic E-state index is 12.7. The number of rotatable bonds is 2. The van der Waals surface area contributed by atoms with Crippen LogP contribution in [0.2, 0.25) is 0 Å². The largest absolute Gasteiger partial charge is 0.416 e. The summed E-state index contributed by atoms with van der Waals surface area (Å²) in [4.78, 5) is 23.4. The molecule has 26 heavy (non-hydrogen) atoms. The lowest BCUT2D eigenvalue weighted by Gasteiger charge is -2.12. The summed E-state index contributed by atoms with van der Waals surface area (Å²) in [6.45, 7) is 0. The number of alkyl halides is 3. The highest BCUT2D eigenvalue weighted by atomic mass is 32.1. The molecule has 0 bridgehead atoms. The molecule has 11 heteroatoms. The van der Waals surface area contributed by atoms with E-state index < -0.39 is 17.6 Å². The van der Waals surface area contributed by atoms with Crippen molar-refractivity contribution in [2.45, 2.75) is 6.18 Å². The zero-order chi connectivity index (χ0) is 18.9. The zero-order valence-electron chi connectivity index (χ0n) is 12.8. The first-order valence-electron chi connectivity index (χ1n) is 7.08. The van der Waals surface area contributed by atoms with Gasteiger partial charge in [-0.2, -0.15) is 13.2 Å². The predicted molar refractivity (Wildman–Crippen MR) is 89.1 cm³/mol. The molecule has 0 saturated heterocycles. The molecule has 1 amide bonds. The van der Waals surface area contributed by atoms with Crippen molar-refractivity contribution in [1.29, 1.82) is 0 Å². The number of nitrogens with one attached hydrogen (secondary N) is 3. The van der Waals surface area contributed by atoms with Crippen LogP contribution in [0.3, 0.4) is 0 Å². The highest BCUT2D eigenvalue weighted by Crippen LogP contribution is 2.30. The van der Waals surface area contributed by atoms with Gasteiger partial charge in [-0.15, -0.1) is 0 Å². The molecule has 0 radical (unpaired) electrons. The minimum Gasteiger partial charge on any atom is -0.332 e. The fourth-order valence-corrected chi connectivity index (χ4v) is 2.38. The van der Waals surface area contributed by atoms with Crippen molar-refractivity contribution >= 4 is 40.0 Å². The number of benzene rings is 2. The molecule has 0 spiro atoms. The molecule has 1 aromatic heterocycles. The van der Waals surface area contributed by atoms with E-state index in [0.717, 1.165) is 12.1 Å². The van der Waals surface area contributed by atoms with Crippen LogP contribution in [0, 0.1) is 4.91 Å². The van der Waals surface area contributed by atoms with Crippen molar-refractivity contribution in [3.63, 3.8) is 0 Å². The molecule has 7 nitrogen and oxygen atoms in total. The van der Waals surface area contributed by atoms with E-state index >= 15 is 0 Å². The summed E-state index contributed by atoms with van der Waals surface area (Å²) in [5, 5.41) is 7.02. The number of thiocarbonyl (C=S) groups is 1. The number of fused-ring (bicyclic) bond motifs is 1. The molecule has 0 atom stereocenters. The predicted octanol–water partition coefficient (Wildman–Crippen LogP) is 2.82. The standard InChI is InChI=1S/C15H9F3N4O3S/c16-15(17,18)9-2-1-3-10(7-9)19-14(26)20-13(23)8-4-5-12-11(6-8)21-25-22(12)24/h1-7H,(H2-,19,20,21,23,24,26)/p+1. The van der Waals surface area contributed by atoms with Crippen LogP contribution in [0.5, 0.6) is 0 Å². The van der Waals surface area contributed by atoms with Crippen molar-refractivity contribution in [3.05, 3.63) is 58.5 Å². The number of H-pyrrole nitrogens is 1. The average Bonchev–Trinajstić information content (AvgIpc) is 2.95. The van der Waals surface area contributed by atoms with Gasteiger partial charge in [-0.25, -0.2) is 0 Å². The van der Waals surface area contributed by atoms with Crippen LogP contribution in [0.25, 0.3) is 11.0 Å². The van der Waals surface area contributed by atoms with Crippen molar-refractivity contribution in [3.8, 4) is 0 Å². The van der Waals surface area contributed by atoms with Crippen molar-refractivity contribution in [1.82, 2.24) is 10.5 Å². The van der Waals surface area contributed by atoms with Gasteiger partial charge in [-0.05, 0) is 47.5 Å². The molecule has 3 N–H and O–H groups in total. The number of hydrogen-bond acceptors (Lipinski definition) is 4. The molecule has 1 heterocycles. The zero-order valence-corrected chi connectivity index (χ0v) is 13.6. The Labute approximate surface area is 148 Å². The Morgan fingerprint density at radius 1 is 1.19 bits per heavy atom. The molecule has 0 aliphatic heterocycles. The Hall–Kier alpha value is -3.21. The van der Waals surface area contributed by atoms with Crippen LogP contribution in [0.15, 0.2) is 47.1 Å². The lowest BCUT2D eigenvalue weighted by molar-refractivity contribution is -0.692. The van der Waals surface area contributed by atoms with Gasteiger partial charge >= 0.3 is 6.18 Å². The second kappa shape index (κ2) is 6.59. The van der Waals surface area contributed by atoms with Crippen molar-refractivity contribution in [2.75, 3.05) is 5.32 Å². The number of carbonyl (C=O) groups is 1. The summed E-state index contributed by atoms with van der Waals surface area (Å²) in [6.07, 6.45) is -4.49. The Balaban J connectivity index is 1.71. The van der Waals surface area contributed by atoms with Crippen LogP contribution in [0.4, 0.5) is 18.9 Å². The first kappa shape index (κ1) is 17.6.